The van der Waals surface area contributed by atoms with Crippen LogP contribution in [0.3, 0.4) is 0 Å². The number of carbonyl (C=O) groups excluding carboxylic acids is 1. The highest BCUT2D eigenvalue weighted by atomic mass is 16.1. The van der Waals surface area contributed by atoms with Crippen molar-refractivity contribution in [3.63, 3.8) is 0 Å². The number of piperazine rings is 1. The molecule has 4 heteroatoms. The van der Waals surface area contributed by atoms with Crippen LogP contribution in [0.5, 0.6) is 0 Å². The van der Waals surface area contributed by atoms with E-state index >= 15 is 0 Å². The second-order valence-corrected chi connectivity index (χ2v) is 2.32. The summed E-state index contributed by atoms with van der Waals surface area (Å²) in [5.41, 5.74) is 4.65. The quantitative estimate of drug-likeness (QED) is 0.462. The zero-order valence-electron chi connectivity index (χ0n) is 7.02. The summed E-state index contributed by atoms with van der Waals surface area (Å²) >= 11 is 0. The molecular formula is C7H17N3O. The SMILES string of the molecule is C1CNCCN1.CCC(N)=O. The van der Waals surface area contributed by atoms with Gasteiger partial charge in [0.05, 0.1) is 0 Å². The van der Waals surface area contributed by atoms with Gasteiger partial charge in [0.2, 0.25) is 5.91 Å². The largest absolute Gasteiger partial charge is 0.370 e. The van der Waals surface area contributed by atoms with Crippen molar-refractivity contribution in [1.82, 2.24) is 10.6 Å². The topological polar surface area (TPSA) is 67.2 Å². The van der Waals surface area contributed by atoms with Gasteiger partial charge in [0.1, 0.15) is 0 Å². The minimum Gasteiger partial charge on any atom is -0.370 e. The molecule has 4 nitrogen and oxygen atoms in total. The molecule has 0 bridgehead atoms. The molecule has 11 heavy (non-hydrogen) atoms. The van der Waals surface area contributed by atoms with Gasteiger partial charge in [-0.3, -0.25) is 4.79 Å². The molecule has 1 aliphatic rings. The Morgan fingerprint density at radius 1 is 1.27 bits per heavy atom. The molecule has 4 N–H and O–H groups in total. The van der Waals surface area contributed by atoms with Crippen molar-refractivity contribution in [2.24, 2.45) is 5.73 Å². The summed E-state index contributed by atoms with van der Waals surface area (Å²) < 4.78 is 0. The number of carbonyl (C=O) groups is 1. The van der Waals surface area contributed by atoms with Crippen LogP contribution in [0.2, 0.25) is 0 Å². The van der Waals surface area contributed by atoms with Crippen molar-refractivity contribution in [3.8, 4) is 0 Å². The van der Waals surface area contributed by atoms with E-state index in [-0.39, 0.29) is 5.91 Å². The fourth-order valence-corrected chi connectivity index (χ4v) is 0.604. The second-order valence-electron chi connectivity index (χ2n) is 2.32. The average Bonchev–Trinajstić information content (AvgIpc) is 2.09. The van der Waals surface area contributed by atoms with Crippen LogP contribution in [0.15, 0.2) is 0 Å². The van der Waals surface area contributed by atoms with Crippen LogP contribution >= 0.6 is 0 Å². The van der Waals surface area contributed by atoms with Crippen LogP contribution in [-0.2, 0) is 4.79 Å². The number of hydrogen-bond donors (Lipinski definition) is 3. The predicted molar refractivity (Wildman–Crippen MR) is 45.2 cm³/mol. The fourth-order valence-electron chi connectivity index (χ4n) is 0.604. The van der Waals surface area contributed by atoms with E-state index in [1.165, 1.54) is 0 Å². The lowest BCUT2D eigenvalue weighted by atomic mass is 10.4. The molecule has 1 rings (SSSR count). The number of hydrogen-bond acceptors (Lipinski definition) is 3. The van der Waals surface area contributed by atoms with E-state index in [0.717, 1.165) is 26.2 Å². The Hall–Kier alpha value is -0.610. The maximum absolute atomic E-state index is 9.59. The van der Waals surface area contributed by atoms with Crippen LogP contribution in [0.1, 0.15) is 13.3 Å². The Morgan fingerprint density at radius 3 is 1.64 bits per heavy atom. The van der Waals surface area contributed by atoms with Crippen LogP contribution < -0.4 is 16.4 Å². The summed E-state index contributed by atoms with van der Waals surface area (Å²) in [5, 5.41) is 6.44. The van der Waals surface area contributed by atoms with Gasteiger partial charge in [-0.25, -0.2) is 0 Å². The highest BCUT2D eigenvalue weighted by Gasteiger charge is 1.91. The Balaban J connectivity index is 0.000000187. The molecule has 0 aromatic carbocycles. The van der Waals surface area contributed by atoms with Crippen LogP contribution in [0.4, 0.5) is 0 Å². The molecule has 0 saturated carbocycles. The molecule has 1 heterocycles. The molecule has 1 amide bonds. The Labute approximate surface area is 67.5 Å². The van der Waals surface area contributed by atoms with Gasteiger partial charge in [0.15, 0.2) is 0 Å². The monoisotopic (exact) mass is 159 g/mol. The molecule has 1 aliphatic heterocycles. The molecule has 1 fully saturated rings. The summed E-state index contributed by atoms with van der Waals surface area (Å²) in [7, 11) is 0. The molecule has 0 aliphatic carbocycles. The third-order valence-electron chi connectivity index (χ3n) is 1.31. The summed E-state index contributed by atoms with van der Waals surface area (Å²) in [5.74, 6) is -0.245. The first-order valence-corrected chi connectivity index (χ1v) is 3.97. The third kappa shape index (κ3) is 9.39. The summed E-state index contributed by atoms with van der Waals surface area (Å²) in [6.07, 6.45) is 0.444. The minimum atomic E-state index is -0.245. The molecule has 66 valence electrons. The summed E-state index contributed by atoms with van der Waals surface area (Å²) in [6.45, 7) is 6.28. The first kappa shape index (κ1) is 10.4. The van der Waals surface area contributed by atoms with Gasteiger partial charge in [0, 0.05) is 32.6 Å². The molecule has 0 aromatic heterocycles. The van der Waals surface area contributed by atoms with Gasteiger partial charge < -0.3 is 16.4 Å². The average molecular weight is 159 g/mol. The lowest BCUT2D eigenvalue weighted by Gasteiger charge is -2.11. The zero-order chi connectivity index (χ0) is 8.53. The van der Waals surface area contributed by atoms with Gasteiger partial charge in [-0.15, -0.1) is 0 Å². The normalized spacial score (nSPS) is 16.5. The van der Waals surface area contributed by atoms with E-state index < -0.39 is 0 Å². The highest BCUT2D eigenvalue weighted by molar-refractivity contribution is 5.73. The number of nitrogens with two attached hydrogens (primary N) is 1. The first-order chi connectivity index (χ1) is 5.27. The number of nitrogens with one attached hydrogen (secondary N) is 2. The van der Waals surface area contributed by atoms with Gasteiger partial charge >= 0.3 is 0 Å². The predicted octanol–water partition coefficient (Wildman–Crippen LogP) is -0.939. The standard InChI is InChI=1S/C4H10N2.C3H7NO/c1-2-6-4-3-5-1;1-2-3(4)5/h5-6H,1-4H2;2H2,1H3,(H2,4,5). The Bertz CT molecular complexity index is 90.3. The van der Waals surface area contributed by atoms with E-state index in [1.807, 2.05) is 0 Å². The maximum atomic E-state index is 9.59. The van der Waals surface area contributed by atoms with E-state index in [1.54, 1.807) is 6.92 Å². The van der Waals surface area contributed by atoms with E-state index in [0.29, 0.717) is 6.42 Å². The van der Waals surface area contributed by atoms with Gasteiger partial charge in [-0.05, 0) is 0 Å². The number of primary amides is 1. The summed E-state index contributed by atoms with van der Waals surface area (Å²) in [6, 6.07) is 0. The van der Waals surface area contributed by atoms with Crippen LogP contribution in [-0.4, -0.2) is 32.1 Å². The smallest absolute Gasteiger partial charge is 0.217 e. The van der Waals surface area contributed by atoms with E-state index in [4.69, 9.17) is 0 Å². The molecule has 0 aromatic rings. The second kappa shape index (κ2) is 7.50. The Kier molecular flexibility index (Phi) is 7.08. The molecule has 1 saturated heterocycles. The first-order valence-electron chi connectivity index (χ1n) is 3.97. The van der Waals surface area contributed by atoms with Gasteiger partial charge in [-0.2, -0.15) is 0 Å². The van der Waals surface area contributed by atoms with Crippen molar-refractivity contribution in [3.05, 3.63) is 0 Å². The fraction of sp³-hybridized carbons (Fsp3) is 0.857. The lowest BCUT2D eigenvalue weighted by Crippen LogP contribution is -2.39. The van der Waals surface area contributed by atoms with Crippen molar-refractivity contribution in [1.29, 1.82) is 0 Å². The van der Waals surface area contributed by atoms with E-state index in [9.17, 15) is 4.79 Å². The van der Waals surface area contributed by atoms with Crippen molar-refractivity contribution in [2.45, 2.75) is 13.3 Å². The molecular weight excluding hydrogens is 142 g/mol. The van der Waals surface area contributed by atoms with Crippen molar-refractivity contribution in [2.75, 3.05) is 26.2 Å². The highest BCUT2D eigenvalue weighted by Crippen LogP contribution is 1.65. The molecule has 0 unspecified atom stereocenters. The van der Waals surface area contributed by atoms with E-state index in [2.05, 4.69) is 16.4 Å². The summed E-state index contributed by atoms with van der Waals surface area (Å²) in [4.78, 5) is 9.59. The number of amides is 1. The van der Waals surface area contributed by atoms with Gasteiger partial charge in [0.25, 0.3) is 0 Å². The van der Waals surface area contributed by atoms with Crippen molar-refractivity contribution < 1.29 is 4.79 Å². The lowest BCUT2D eigenvalue weighted by molar-refractivity contribution is -0.117. The maximum Gasteiger partial charge on any atom is 0.217 e. The van der Waals surface area contributed by atoms with Crippen LogP contribution in [0, 0.1) is 0 Å². The minimum absolute atomic E-state index is 0.245. The van der Waals surface area contributed by atoms with Crippen molar-refractivity contribution >= 4 is 5.91 Å². The molecule has 0 radical (unpaired) electrons. The van der Waals surface area contributed by atoms with Crippen LogP contribution in [0.25, 0.3) is 0 Å². The zero-order valence-corrected chi connectivity index (χ0v) is 7.02. The molecule has 0 spiro atoms. The van der Waals surface area contributed by atoms with Gasteiger partial charge in [-0.1, -0.05) is 6.92 Å². The molecule has 0 atom stereocenters. The Morgan fingerprint density at radius 2 is 1.55 bits per heavy atom. The number of rotatable bonds is 1. The third-order valence-corrected chi connectivity index (χ3v) is 1.31.